The molecule has 0 aromatic heterocycles. The Morgan fingerprint density at radius 2 is 2.00 bits per heavy atom. The van der Waals surface area contributed by atoms with E-state index >= 15 is 0 Å². The van der Waals surface area contributed by atoms with Crippen molar-refractivity contribution < 1.29 is 9.47 Å². The van der Waals surface area contributed by atoms with E-state index < -0.39 is 5.79 Å². The van der Waals surface area contributed by atoms with E-state index in [2.05, 4.69) is 5.92 Å². The first-order chi connectivity index (χ1) is 7.11. The fourth-order valence-electron chi connectivity index (χ4n) is 1.65. The second kappa shape index (κ2) is 3.69. The van der Waals surface area contributed by atoms with Crippen molar-refractivity contribution >= 4 is 0 Å². The summed E-state index contributed by atoms with van der Waals surface area (Å²) < 4.78 is 11.2. The zero-order chi connectivity index (χ0) is 10.9. The quantitative estimate of drug-likeness (QED) is 0.651. The van der Waals surface area contributed by atoms with Crippen LogP contribution in [0, 0.1) is 12.3 Å². The van der Waals surface area contributed by atoms with Gasteiger partial charge < -0.3 is 9.47 Å². The summed E-state index contributed by atoms with van der Waals surface area (Å²) in [4.78, 5) is 0. The van der Waals surface area contributed by atoms with Crippen LogP contribution in [-0.2, 0) is 9.47 Å². The molecule has 1 atom stereocenters. The molecule has 1 aromatic carbocycles. The molecule has 1 aliphatic heterocycles. The molecule has 0 N–H and O–H groups in total. The minimum atomic E-state index is -0.477. The van der Waals surface area contributed by atoms with Gasteiger partial charge in [-0.1, -0.05) is 18.1 Å². The minimum Gasteiger partial charge on any atom is -0.347 e. The molecule has 1 aromatic rings. The summed E-state index contributed by atoms with van der Waals surface area (Å²) in [7, 11) is 0. The van der Waals surface area contributed by atoms with Gasteiger partial charge in [0.1, 0.15) is 6.10 Å². The van der Waals surface area contributed by atoms with Gasteiger partial charge in [0.05, 0.1) is 6.61 Å². The highest BCUT2D eigenvalue weighted by molar-refractivity contribution is 5.35. The molecule has 78 valence electrons. The smallest absolute Gasteiger partial charge is 0.163 e. The highest BCUT2D eigenvalue weighted by Crippen LogP contribution is 2.32. The fraction of sp³-hybridized carbons (Fsp3) is 0.385. The van der Waals surface area contributed by atoms with Gasteiger partial charge in [-0.3, -0.25) is 0 Å². The molecule has 1 unspecified atom stereocenters. The van der Waals surface area contributed by atoms with E-state index in [1.807, 2.05) is 38.1 Å². The van der Waals surface area contributed by atoms with Crippen molar-refractivity contribution in [2.45, 2.75) is 25.7 Å². The average Bonchev–Trinajstić information content (AvgIpc) is 2.59. The van der Waals surface area contributed by atoms with E-state index in [4.69, 9.17) is 15.9 Å². The Kier molecular flexibility index (Phi) is 2.52. The first kappa shape index (κ1) is 10.2. The zero-order valence-corrected chi connectivity index (χ0v) is 8.99. The van der Waals surface area contributed by atoms with Crippen LogP contribution in [0.2, 0.25) is 0 Å². The topological polar surface area (TPSA) is 18.5 Å². The predicted molar refractivity (Wildman–Crippen MR) is 58.2 cm³/mol. The molecule has 2 heteroatoms. The first-order valence-corrected chi connectivity index (χ1v) is 4.99. The van der Waals surface area contributed by atoms with Gasteiger partial charge in [-0.15, -0.1) is 6.42 Å². The maximum absolute atomic E-state index is 5.73. The molecule has 0 amide bonds. The molecule has 15 heavy (non-hydrogen) atoms. The molecule has 0 spiro atoms. The van der Waals surface area contributed by atoms with E-state index in [-0.39, 0.29) is 6.10 Å². The normalized spacial score (nSPS) is 23.7. The van der Waals surface area contributed by atoms with Crippen LogP contribution in [0.3, 0.4) is 0 Å². The lowest BCUT2D eigenvalue weighted by Gasteiger charge is -2.17. The molecule has 0 aliphatic carbocycles. The summed E-state index contributed by atoms with van der Waals surface area (Å²) in [5.41, 5.74) is 2.00. The molecule has 2 rings (SSSR count). The average molecular weight is 202 g/mol. The molecule has 0 radical (unpaired) electrons. The number of ether oxygens (including phenoxy) is 2. The summed E-state index contributed by atoms with van der Waals surface area (Å²) in [6.07, 6.45) is 5.31. The van der Waals surface area contributed by atoms with Crippen LogP contribution in [0.25, 0.3) is 0 Å². The lowest BCUT2D eigenvalue weighted by atomic mass is 10.1. The van der Waals surface area contributed by atoms with Crippen molar-refractivity contribution in [1.82, 2.24) is 0 Å². The van der Waals surface area contributed by atoms with Crippen LogP contribution in [-0.4, -0.2) is 12.4 Å². The largest absolute Gasteiger partial charge is 0.347 e. The third-order valence-electron chi connectivity index (χ3n) is 2.46. The Balaban J connectivity index is 2.15. The van der Waals surface area contributed by atoms with Crippen molar-refractivity contribution in [2.24, 2.45) is 0 Å². The number of terminal acetylenes is 1. The van der Waals surface area contributed by atoms with Crippen molar-refractivity contribution in [3.63, 3.8) is 0 Å². The maximum Gasteiger partial charge on any atom is 0.163 e. The summed E-state index contributed by atoms with van der Waals surface area (Å²) in [6.45, 7) is 4.44. The van der Waals surface area contributed by atoms with E-state index in [0.717, 1.165) is 11.1 Å². The number of rotatable bonds is 1. The molecule has 1 saturated heterocycles. The van der Waals surface area contributed by atoms with Crippen molar-refractivity contribution in [1.29, 1.82) is 0 Å². The van der Waals surface area contributed by atoms with Crippen LogP contribution in [0.5, 0.6) is 0 Å². The lowest BCUT2D eigenvalue weighted by Crippen LogP contribution is -2.19. The summed E-state index contributed by atoms with van der Waals surface area (Å²) in [5, 5.41) is 0. The van der Waals surface area contributed by atoms with E-state index in [9.17, 15) is 0 Å². The molecule has 2 nitrogen and oxygen atoms in total. The van der Waals surface area contributed by atoms with Gasteiger partial charge in [0.25, 0.3) is 0 Å². The Morgan fingerprint density at radius 3 is 2.47 bits per heavy atom. The maximum atomic E-state index is 5.73. The van der Waals surface area contributed by atoms with E-state index in [0.29, 0.717) is 6.61 Å². The van der Waals surface area contributed by atoms with Gasteiger partial charge in [0, 0.05) is 5.56 Å². The van der Waals surface area contributed by atoms with Crippen molar-refractivity contribution in [3.05, 3.63) is 35.4 Å². The summed E-state index contributed by atoms with van der Waals surface area (Å²) in [5.74, 6) is 2.11. The second-order valence-electron chi connectivity index (χ2n) is 4.08. The Labute approximate surface area is 90.2 Å². The molecular formula is C13H14O2. The van der Waals surface area contributed by atoms with E-state index in [1.165, 1.54) is 0 Å². The molecular weight excluding hydrogens is 188 g/mol. The fourth-order valence-corrected chi connectivity index (χ4v) is 1.65. The van der Waals surface area contributed by atoms with Gasteiger partial charge in [-0.25, -0.2) is 0 Å². The van der Waals surface area contributed by atoms with Crippen molar-refractivity contribution in [3.8, 4) is 12.3 Å². The third kappa shape index (κ3) is 2.20. The van der Waals surface area contributed by atoms with Crippen molar-refractivity contribution in [2.75, 3.05) is 6.61 Å². The Hall–Kier alpha value is -1.30. The van der Waals surface area contributed by atoms with Gasteiger partial charge in [0.15, 0.2) is 5.79 Å². The second-order valence-corrected chi connectivity index (χ2v) is 4.08. The Morgan fingerprint density at radius 1 is 1.33 bits per heavy atom. The molecule has 1 aliphatic rings. The number of hydrogen-bond acceptors (Lipinski definition) is 2. The van der Waals surface area contributed by atoms with Crippen LogP contribution in [0.4, 0.5) is 0 Å². The minimum absolute atomic E-state index is 0.0202. The van der Waals surface area contributed by atoms with Crippen LogP contribution in [0.1, 0.15) is 31.1 Å². The Bertz CT molecular complexity index is 384. The van der Waals surface area contributed by atoms with Crippen LogP contribution >= 0.6 is 0 Å². The van der Waals surface area contributed by atoms with Crippen LogP contribution in [0.15, 0.2) is 24.3 Å². The monoisotopic (exact) mass is 202 g/mol. The highest BCUT2D eigenvalue weighted by Gasteiger charge is 2.33. The molecule has 0 saturated carbocycles. The van der Waals surface area contributed by atoms with E-state index in [1.54, 1.807) is 0 Å². The number of hydrogen-bond donors (Lipinski definition) is 0. The predicted octanol–water partition coefficient (Wildman–Crippen LogP) is 2.49. The standard InChI is InChI=1S/C13H14O2/c1-4-10-5-7-11(8-6-10)12-9-14-13(2,3)15-12/h1,5-8,12H,9H2,2-3H3. The SMILES string of the molecule is C#Cc1ccc(C2COC(C)(C)O2)cc1. The third-order valence-corrected chi connectivity index (χ3v) is 2.46. The summed E-state index contributed by atoms with van der Waals surface area (Å²) >= 11 is 0. The van der Waals surface area contributed by atoms with Gasteiger partial charge in [0.2, 0.25) is 0 Å². The van der Waals surface area contributed by atoms with Gasteiger partial charge >= 0.3 is 0 Å². The van der Waals surface area contributed by atoms with Crippen LogP contribution < -0.4 is 0 Å². The lowest BCUT2D eigenvalue weighted by molar-refractivity contribution is -0.139. The molecule has 1 heterocycles. The van der Waals surface area contributed by atoms with Gasteiger partial charge in [-0.2, -0.15) is 0 Å². The first-order valence-electron chi connectivity index (χ1n) is 4.99. The van der Waals surface area contributed by atoms with Gasteiger partial charge in [-0.05, 0) is 31.5 Å². The zero-order valence-electron chi connectivity index (χ0n) is 8.99. The summed E-state index contributed by atoms with van der Waals surface area (Å²) in [6, 6.07) is 7.82. The molecule has 0 bridgehead atoms. The highest BCUT2D eigenvalue weighted by atomic mass is 16.7. The molecule has 1 fully saturated rings. The number of benzene rings is 1.